The van der Waals surface area contributed by atoms with Crippen molar-refractivity contribution in [2.75, 3.05) is 5.32 Å². The lowest BCUT2D eigenvalue weighted by atomic mass is 10.1. The third-order valence-corrected chi connectivity index (χ3v) is 2.84. The second-order valence-corrected chi connectivity index (χ2v) is 4.15. The van der Waals surface area contributed by atoms with E-state index in [9.17, 15) is 4.39 Å². The summed E-state index contributed by atoms with van der Waals surface area (Å²) in [6.45, 7) is 1.88. The number of hydrogen-bond acceptors (Lipinski definition) is 2. The summed E-state index contributed by atoms with van der Waals surface area (Å²) in [5.74, 6) is -0.229. The Balaban J connectivity index is 2.20. The highest BCUT2D eigenvalue weighted by Crippen LogP contribution is 2.25. The maximum atomic E-state index is 13.6. The Morgan fingerprint density at radius 3 is 2.76 bits per heavy atom. The van der Waals surface area contributed by atoms with Gasteiger partial charge in [-0.2, -0.15) is 0 Å². The zero-order valence-corrected chi connectivity index (χ0v) is 10.1. The lowest BCUT2D eigenvalue weighted by Crippen LogP contribution is -2.08. The molecule has 0 saturated carbocycles. The fourth-order valence-electron chi connectivity index (χ4n) is 1.62. The van der Waals surface area contributed by atoms with Crippen LogP contribution in [0.25, 0.3) is 0 Å². The molecule has 1 aromatic carbocycles. The Bertz CT molecular complexity index is 516. The van der Waals surface area contributed by atoms with Gasteiger partial charge in [0.1, 0.15) is 5.82 Å². The van der Waals surface area contributed by atoms with Gasteiger partial charge in [-0.25, -0.2) is 4.39 Å². The third-order valence-electron chi connectivity index (χ3n) is 2.51. The van der Waals surface area contributed by atoms with E-state index in [0.717, 1.165) is 0 Å². The minimum atomic E-state index is -0.229. The Kier molecular flexibility index (Phi) is 3.59. The van der Waals surface area contributed by atoms with E-state index in [1.54, 1.807) is 36.7 Å². The van der Waals surface area contributed by atoms with Crippen molar-refractivity contribution in [1.29, 1.82) is 0 Å². The summed E-state index contributed by atoms with van der Waals surface area (Å²) in [5.41, 5.74) is 1.30. The quantitative estimate of drug-likeness (QED) is 0.889. The standard InChI is InChI=1S/C13H12ClFN2/c1-9(10-4-2-3-5-12(10)15)17-13-8-16-7-6-11(13)14/h2-9,17H,1H3. The van der Waals surface area contributed by atoms with E-state index < -0.39 is 0 Å². The zero-order valence-electron chi connectivity index (χ0n) is 9.32. The molecule has 0 aliphatic heterocycles. The van der Waals surface area contributed by atoms with E-state index in [1.165, 1.54) is 6.07 Å². The first-order valence-corrected chi connectivity index (χ1v) is 5.67. The predicted molar refractivity (Wildman–Crippen MR) is 67.7 cm³/mol. The molecule has 1 heterocycles. The lowest BCUT2D eigenvalue weighted by Gasteiger charge is -2.16. The number of hydrogen-bond donors (Lipinski definition) is 1. The molecule has 1 unspecified atom stereocenters. The number of pyridine rings is 1. The van der Waals surface area contributed by atoms with E-state index in [-0.39, 0.29) is 11.9 Å². The van der Waals surface area contributed by atoms with Crippen molar-refractivity contribution < 1.29 is 4.39 Å². The van der Waals surface area contributed by atoms with Gasteiger partial charge in [-0.1, -0.05) is 29.8 Å². The van der Waals surface area contributed by atoms with Crippen LogP contribution < -0.4 is 5.32 Å². The maximum absolute atomic E-state index is 13.6. The molecule has 0 fully saturated rings. The normalized spacial score (nSPS) is 12.2. The Labute approximate surface area is 104 Å². The van der Waals surface area contributed by atoms with Crippen molar-refractivity contribution in [3.05, 3.63) is 59.1 Å². The molecule has 2 rings (SSSR count). The van der Waals surface area contributed by atoms with Crippen molar-refractivity contribution >= 4 is 17.3 Å². The van der Waals surface area contributed by atoms with Crippen LogP contribution in [0.15, 0.2) is 42.7 Å². The molecule has 0 aliphatic carbocycles. The van der Waals surface area contributed by atoms with E-state index in [2.05, 4.69) is 10.3 Å². The summed E-state index contributed by atoms with van der Waals surface area (Å²) in [4.78, 5) is 3.97. The van der Waals surface area contributed by atoms with Gasteiger partial charge in [-0.3, -0.25) is 4.98 Å². The topological polar surface area (TPSA) is 24.9 Å². The third kappa shape index (κ3) is 2.74. The molecule has 2 nitrogen and oxygen atoms in total. The summed E-state index contributed by atoms with van der Waals surface area (Å²) in [6.07, 6.45) is 3.24. The van der Waals surface area contributed by atoms with E-state index in [1.807, 2.05) is 6.92 Å². The van der Waals surface area contributed by atoms with Gasteiger partial charge < -0.3 is 5.32 Å². The number of halogens is 2. The number of benzene rings is 1. The predicted octanol–water partition coefficient (Wildman–Crippen LogP) is 4.05. The molecule has 0 bridgehead atoms. The second kappa shape index (κ2) is 5.15. The number of nitrogens with one attached hydrogen (secondary N) is 1. The van der Waals surface area contributed by atoms with E-state index in [4.69, 9.17) is 11.6 Å². The molecule has 1 N–H and O–H groups in total. The maximum Gasteiger partial charge on any atom is 0.128 e. The Morgan fingerprint density at radius 1 is 1.29 bits per heavy atom. The first-order chi connectivity index (χ1) is 8.18. The van der Waals surface area contributed by atoms with Gasteiger partial charge >= 0.3 is 0 Å². The monoisotopic (exact) mass is 250 g/mol. The molecular formula is C13H12ClFN2. The molecule has 0 saturated heterocycles. The van der Waals surface area contributed by atoms with E-state index in [0.29, 0.717) is 16.3 Å². The minimum absolute atomic E-state index is 0.169. The molecule has 0 radical (unpaired) electrons. The van der Waals surface area contributed by atoms with Crippen molar-refractivity contribution in [1.82, 2.24) is 4.98 Å². The number of nitrogens with zero attached hydrogens (tertiary/aromatic N) is 1. The van der Waals surface area contributed by atoms with Gasteiger partial charge in [-0.15, -0.1) is 0 Å². The highest BCUT2D eigenvalue weighted by Gasteiger charge is 2.11. The van der Waals surface area contributed by atoms with Crippen molar-refractivity contribution in [3.8, 4) is 0 Å². The number of anilines is 1. The van der Waals surface area contributed by atoms with Crippen LogP contribution in [-0.4, -0.2) is 4.98 Å². The summed E-state index contributed by atoms with van der Waals surface area (Å²) >= 11 is 6.00. The first-order valence-electron chi connectivity index (χ1n) is 5.29. The molecule has 1 aromatic heterocycles. The van der Waals surface area contributed by atoms with Crippen LogP contribution in [-0.2, 0) is 0 Å². The smallest absolute Gasteiger partial charge is 0.128 e. The lowest BCUT2D eigenvalue weighted by molar-refractivity contribution is 0.600. The average Bonchev–Trinajstić information content (AvgIpc) is 2.32. The molecule has 0 spiro atoms. The van der Waals surface area contributed by atoms with Gasteiger partial charge in [-0.05, 0) is 19.1 Å². The highest BCUT2D eigenvalue weighted by atomic mass is 35.5. The van der Waals surface area contributed by atoms with Crippen LogP contribution >= 0.6 is 11.6 Å². The van der Waals surface area contributed by atoms with Gasteiger partial charge in [0.15, 0.2) is 0 Å². The highest BCUT2D eigenvalue weighted by molar-refractivity contribution is 6.33. The largest absolute Gasteiger partial charge is 0.376 e. The van der Waals surface area contributed by atoms with Gasteiger partial charge in [0.2, 0.25) is 0 Å². The zero-order chi connectivity index (χ0) is 12.3. The van der Waals surface area contributed by atoms with Gasteiger partial charge in [0, 0.05) is 11.8 Å². The fraction of sp³-hybridized carbons (Fsp3) is 0.154. The SMILES string of the molecule is CC(Nc1cnccc1Cl)c1ccccc1F. The summed E-state index contributed by atoms with van der Waals surface area (Å²) in [5, 5.41) is 3.71. The van der Waals surface area contributed by atoms with Gasteiger partial charge in [0.25, 0.3) is 0 Å². The molecular weight excluding hydrogens is 239 g/mol. The van der Waals surface area contributed by atoms with Crippen LogP contribution in [0.4, 0.5) is 10.1 Å². The molecule has 0 aliphatic rings. The summed E-state index contributed by atoms with van der Waals surface area (Å²) in [7, 11) is 0. The molecule has 1 atom stereocenters. The average molecular weight is 251 g/mol. The van der Waals surface area contributed by atoms with Crippen LogP contribution in [0.5, 0.6) is 0 Å². The number of aromatic nitrogens is 1. The summed E-state index contributed by atoms with van der Waals surface area (Å²) < 4.78 is 13.6. The summed E-state index contributed by atoms with van der Waals surface area (Å²) in [6, 6.07) is 8.19. The molecule has 4 heteroatoms. The molecule has 2 aromatic rings. The van der Waals surface area contributed by atoms with Crippen LogP contribution in [0.1, 0.15) is 18.5 Å². The van der Waals surface area contributed by atoms with E-state index >= 15 is 0 Å². The second-order valence-electron chi connectivity index (χ2n) is 3.74. The first kappa shape index (κ1) is 11.9. The van der Waals surface area contributed by atoms with Crippen molar-refractivity contribution in [2.24, 2.45) is 0 Å². The number of rotatable bonds is 3. The van der Waals surface area contributed by atoms with Gasteiger partial charge in [0.05, 0.1) is 22.9 Å². The van der Waals surface area contributed by atoms with Crippen molar-refractivity contribution in [2.45, 2.75) is 13.0 Å². The molecule has 88 valence electrons. The fourth-order valence-corrected chi connectivity index (χ4v) is 1.78. The van der Waals surface area contributed by atoms with Crippen molar-refractivity contribution in [3.63, 3.8) is 0 Å². The Morgan fingerprint density at radius 2 is 2.06 bits per heavy atom. The van der Waals surface area contributed by atoms with Crippen LogP contribution in [0.2, 0.25) is 5.02 Å². The minimum Gasteiger partial charge on any atom is -0.376 e. The molecule has 0 amide bonds. The van der Waals surface area contributed by atoms with Crippen LogP contribution in [0.3, 0.4) is 0 Å². The molecule has 17 heavy (non-hydrogen) atoms. The Hall–Kier alpha value is -1.61. The van der Waals surface area contributed by atoms with Crippen LogP contribution in [0, 0.1) is 5.82 Å².